The third kappa shape index (κ3) is 9.19. The fourth-order valence-corrected chi connectivity index (χ4v) is 12.1. The molecule has 1 amide bonds. The van der Waals surface area contributed by atoms with Crippen LogP contribution in [-0.4, -0.2) is 69.5 Å². The molecule has 6 atom stereocenters. The Kier molecular flexibility index (Phi) is 12.4. The van der Waals surface area contributed by atoms with Gasteiger partial charge in [0, 0.05) is 41.8 Å². The molecule has 4 aliphatic rings. The third-order valence-electron chi connectivity index (χ3n) is 12.9. The number of allylic oxidation sites excluding steroid dienone is 2. The van der Waals surface area contributed by atoms with Crippen molar-refractivity contribution in [3.63, 3.8) is 0 Å². The minimum Gasteiger partial charge on any atom is -0.497 e. The van der Waals surface area contributed by atoms with E-state index in [-0.39, 0.29) is 61.7 Å². The van der Waals surface area contributed by atoms with Gasteiger partial charge in [-0.15, -0.1) is 0 Å². The van der Waals surface area contributed by atoms with Gasteiger partial charge in [0.05, 0.1) is 48.6 Å². The highest BCUT2D eigenvalue weighted by atomic mass is 31.2. The lowest BCUT2D eigenvalue weighted by Crippen LogP contribution is -2.45. The van der Waals surface area contributed by atoms with Gasteiger partial charge in [-0.25, -0.2) is 4.98 Å². The molecule has 11 heteroatoms. The summed E-state index contributed by atoms with van der Waals surface area (Å²) in [5.74, 6) is -0.563. The molecule has 8 rings (SSSR count). The summed E-state index contributed by atoms with van der Waals surface area (Å²) in [6.07, 6.45) is 11.4. The number of methoxy groups -OCH3 is 1. The first-order valence-electron chi connectivity index (χ1n) is 21.4. The summed E-state index contributed by atoms with van der Waals surface area (Å²) >= 11 is 0. The van der Waals surface area contributed by atoms with Crippen LogP contribution in [0.2, 0.25) is 0 Å². The maximum Gasteiger partial charge on any atom is 0.306 e. The van der Waals surface area contributed by atoms with Gasteiger partial charge in [-0.3, -0.25) is 18.9 Å². The summed E-state index contributed by atoms with van der Waals surface area (Å²) in [5, 5.41) is -0.367. The van der Waals surface area contributed by atoms with Crippen molar-refractivity contribution in [1.82, 2.24) is 9.88 Å². The predicted octanol–water partition coefficient (Wildman–Crippen LogP) is 9.46. The lowest BCUT2D eigenvalue weighted by molar-refractivity contribution is -0.154. The molecule has 10 nitrogen and oxygen atoms in total. The van der Waals surface area contributed by atoms with Crippen molar-refractivity contribution in [3.8, 4) is 22.8 Å². The molecule has 310 valence electrons. The molecule has 0 spiro atoms. The Hall–Kier alpha value is -4.79. The number of nitrogens with zero attached hydrogens (tertiary/aromatic N) is 2. The molecular formula is C48H55N2O8P. The Balaban J connectivity index is 1.13. The average Bonchev–Trinajstić information content (AvgIpc) is 3.49. The number of carbonyl (C=O) groups excluding carboxylic acids is 3. The van der Waals surface area contributed by atoms with Crippen LogP contribution in [0, 0.1) is 11.8 Å². The van der Waals surface area contributed by atoms with Crippen molar-refractivity contribution in [3.05, 3.63) is 103 Å². The fraction of sp³-hybridized carbons (Fsp3) is 0.458. The van der Waals surface area contributed by atoms with Gasteiger partial charge >= 0.3 is 5.97 Å². The number of ketones is 1. The largest absolute Gasteiger partial charge is 0.497 e. The maximum absolute atomic E-state index is 14.9. The monoisotopic (exact) mass is 818 g/mol. The lowest BCUT2D eigenvalue weighted by Gasteiger charge is -2.30. The van der Waals surface area contributed by atoms with E-state index in [1.54, 1.807) is 12.0 Å². The topological polar surface area (TPSA) is 132 Å². The highest BCUT2D eigenvalue weighted by Gasteiger charge is 2.65. The second-order valence-electron chi connectivity index (χ2n) is 17.0. The minimum atomic E-state index is -3.92. The molecule has 0 radical (unpaired) electrons. The molecule has 4 aromatic rings. The van der Waals surface area contributed by atoms with Crippen molar-refractivity contribution in [2.24, 2.45) is 11.8 Å². The summed E-state index contributed by atoms with van der Waals surface area (Å²) in [6.45, 7) is 0.126. The Morgan fingerprint density at radius 2 is 1.66 bits per heavy atom. The van der Waals surface area contributed by atoms with E-state index < -0.39 is 30.6 Å². The summed E-state index contributed by atoms with van der Waals surface area (Å²) in [6, 6.07) is 25.7. The number of ether oxygens (including phenoxy) is 3. The molecule has 3 heterocycles. The maximum atomic E-state index is 14.9. The van der Waals surface area contributed by atoms with Crippen LogP contribution < -0.4 is 9.47 Å². The number of pyridine rings is 1. The zero-order valence-electron chi connectivity index (χ0n) is 33.9. The summed E-state index contributed by atoms with van der Waals surface area (Å²) < 4.78 is 32.8. The smallest absolute Gasteiger partial charge is 0.306 e. The quantitative estimate of drug-likeness (QED) is 0.0944. The van der Waals surface area contributed by atoms with E-state index in [1.165, 1.54) is 0 Å². The van der Waals surface area contributed by atoms with Crippen molar-refractivity contribution >= 4 is 35.9 Å². The van der Waals surface area contributed by atoms with Crippen LogP contribution in [0.3, 0.4) is 0 Å². The second kappa shape index (κ2) is 17.8. The van der Waals surface area contributed by atoms with Crippen molar-refractivity contribution in [1.29, 1.82) is 0 Å². The molecule has 1 saturated heterocycles. The zero-order chi connectivity index (χ0) is 41.0. The van der Waals surface area contributed by atoms with Gasteiger partial charge in [-0.05, 0) is 75.0 Å². The summed E-state index contributed by atoms with van der Waals surface area (Å²) in [4.78, 5) is 61.6. The number of amides is 1. The van der Waals surface area contributed by atoms with E-state index in [9.17, 15) is 23.8 Å². The number of fused-ring (bicyclic) bond motifs is 3. The summed E-state index contributed by atoms with van der Waals surface area (Å²) in [5.41, 5.74) is 3.03. The number of benzene rings is 3. The van der Waals surface area contributed by atoms with Gasteiger partial charge in [-0.1, -0.05) is 85.7 Å². The van der Waals surface area contributed by atoms with E-state index in [0.717, 1.165) is 67.9 Å². The van der Waals surface area contributed by atoms with E-state index in [2.05, 4.69) is 6.08 Å². The van der Waals surface area contributed by atoms with Gasteiger partial charge < -0.3 is 24.0 Å². The number of aromatic nitrogens is 1. The molecule has 2 saturated carbocycles. The Morgan fingerprint density at radius 3 is 2.42 bits per heavy atom. The van der Waals surface area contributed by atoms with E-state index in [1.807, 2.05) is 91.0 Å². The SMILES string of the molecule is COc1ccc2c(O[C@@H]3C[C@H]4C(=O)C[C@]5(P(=O)(O)Cc6ccccc6)C[C@H]5/C=C\CCCCCC(CC(=O)OC5CCCC5)C(=O)N4C3)cc(-c3ccccc3)nc2c1. The Labute approximate surface area is 346 Å². The van der Waals surface area contributed by atoms with Gasteiger partial charge in [-0.2, -0.15) is 0 Å². The first-order chi connectivity index (χ1) is 28.6. The highest BCUT2D eigenvalue weighted by Crippen LogP contribution is 2.74. The molecule has 3 aromatic carbocycles. The first kappa shape index (κ1) is 41.0. The van der Waals surface area contributed by atoms with Gasteiger partial charge in [0.15, 0.2) is 5.78 Å². The van der Waals surface area contributed by atoms with E-state index in [4.69, 9.17) is 19.2 Å². The van der Waals surface area contributed by atoms with Crippen LogP contribution in [0.25, 0.3) is 22.2 Å². The molecule has 2 unspecified atom stereocenters. The first-order valence-corrected chi connectivity index (χ1v) is 23.2. The highest BCUT2D eigenvalue weighted by molar-refractivity contribution is 7.59. The minimum absolute atomic E-state index is 0.0284. The number of hydrogen-bond donors (Lipinski definition) is 1. The van der Waals surface area contributed by atoms with Crippen molar-refractivity contribution in [2.75, 3.05) is 13.7 Å². The van der Waals surface area contributed by atoms with Crippen molar-refractivity contribution < 1.29 is 38.1 Å². The summed E-state index contributed by atoms with van der Waals surface area (Å²) in [7, 11) is -2.31. The molecule has 2 aliphatic carbocycles. The molecule has 2 aliphatic heterocycles. The lowest BCUT2D eigenvalue weighted by atomic mass is 9.94. The number of rotatable bonds is 10. The van der Waals surface area contributed by atoms with E-state index in [0.29, 0.717) is 35.6 Å². The predicted molar refractivity (Wildman–Crippen MR) is 227 cm³/mol. The number of Topliss-reactive ketones (excluding diaryl/α,β-unsaturated/α-hetero) is 1. The molecule has 59 heavy (non-hydrogen) atoms. The van der Waals surface area contributed by atoms with Gasteiger partial charge in [0.1, 0.15) is 23.7 Å². The Bertz CT molecular complexity index is 2220. The molecule has 1 aromatic heterocycles. The molecule has 0 bridgehead atoms. The standard InChI is InChI=1S/C48H55N2O8P/c1-56-38-23-24-40-42(26-38)49-41(34-17-10-6-11-18-34)28-45(40)57-39-27-43-44(51)30-48(59(54,55)32-33-15-7-5-8-16-33)29-36(48)20-12-4-2-3-9-19-35(47(53)50(43)31-39)25-46(52)58-37-21-13-14-22-37/h5-8,10-12,15-18,20,23-24,26,28,35-37,39,43H,2-4,9,13-14,19,21-22,25,27,29-32H2,1H3,(H,54,55)/b20-12-/t35?,36-,39-,43+,48-/m1/s1. The molecule has 3 fully saturated rings. The van der Waals surface area contributed by atoms with Crippen LogP contribution in [0.15, 0.2) is 97.1 Å². The van der Waals surface area contributed by atoms with Crippen LogP contribution in [0.4, 0.5) is 0 Å². The molecule has 1 N–H and O–H groups in total. The van der Waals surface area contributed by atoms with Crippen LogP contribution >= 0.6 is 7.37 Å². The average molecular weight is 819 g/mol. The van der Waals surface area contributed by atoms with Gasteiger partial charge in [0.2, 0.25) is 13.3 Å². The number of esters is 1. The zero-order valence-corrected chi connectivity index (χ0v) is 34.8. The Morgan fingerprint density at radius 1 is 0.915 bits per heavy atom. The second-order valence-corrected chi connectivity index (χ2v) is 19.6. The fourth-order valence-electron chi connectivity index (χ4n) is 9.55. The van der Waals surface area contributed by atoms with Gasteiger partial charge in [0.25, 0.3) is 0 Å². The number of carbonyl (C=O) groups is 3. The van der Waals surface area contributed by atoms with Crippen LogP contribution in [0.1, 0.15) is 89.0 Å². The number of hydrogen-bond acceptors (Lipinski definition) is 8. The third-order valence-corrected chi connectivity index (χ3v) is 15.8. The van der Waals surface area contributed by atoms with E-state index >= 15 is 0 Å². The van der Waals surface area contributed by atoms with Crippen LogP contribution in [-0.2, 0) is 29.8 Å². The van der Waals surface area contributed by atoms with Crippen molar-refractivity contribution in [2.45, 2.75) is 113 Å². The molecular weight excluding hydrogens is 764 g/mol. The van der Waals surface area contributed by atoms with Crippen LogP contribution in [0.5, 0.6) is 11.5 Å². The normalized spacial score (nSPS) is 26.8.